The Morgan fingerprint density at radius 2 is 1.80 bits per heavy atom. The molecule has 9 atom stereocenters. The zero-order valence-corrected chi connectivity index (χ0v) is 24.9. The number of aliphatic hydroxyl groups is 1. The van der Waals surface area contributed by atoms with Gasteiger partial charge in [0.15, 0.2) is 23.7 Å². The first-order chi connectivity index (χ1) is 19.2. The number of hydrogen-bond acceptors (Lipinski definition) is 8. The molecular weight excluding hydrogens is 554 g/mol. The summed E-state index contributed by atoms with van der Waals surface area (Å²) in [4.78, 5) is 50.2. The van der Waals surface area contributed by atoms with E-state index in [1.54, 1.807) is 27.7 Å². The molecule has 0 spiro atoms. The topological polar surface area (TPSA) is 107 Å². The summed E-state index contributed by atoms with van der Waals surface area (Å²) in [5.74, 6) is 1.95. The second kappa shape index (κ2) is 11.3. The van der Waals surface area contributed by atoms with E-state index in [0.717, 1.165) is 17.8 Å². The Morgan fingerprint density at radius 3 is 2.46 bits per heavy atom. The van der Waals surface area contributed by atoms with Crippen LogP contribution in [0.15, 0.2) is 23.8 Å². The van der Waals surface area contributed by atoms with Crippen molar-refractivity contribution in [3.63, 3.8) is 0 Å². The van der Waals surface area contributed by atoms with Gasteiger partial charge in [-0.3, -0.25) is 19.2 Å². The van der Waals surface area contributed by atoms with Gasteiger partial charge < -0.3 is 14.6 Å². The van der Waals surface area contributed by atoms with E-state index >= 15 is 8.78 Å². The average Bonchev–Trinajstić information content (AvgIpc) is 3.15. The van der Waals surface area contributed by atoms with Gasteiger partial charge >= 0.3 is 11.9 Å². The minimum Gasteiger partial charge on any atom is -0.452 e. The Kier molecular flexibility index (Phi) is 8.65. The Labute approximate surface area is 243 Å². The summed E-state index contributed by atoms with van der Waals surface area (Å²) in [5.41, 5.74) is -6.72. The molecular formula is C31H38F2O7S. The SMILES string of the molecule is CCC(=O)OCC#CCSC(=O)[C@@]1(OC(=O)CC)[C@H](C)C[C@H]2[C@@H]3C[C@H](F)C4=CC(=O)C=C[C@]4(C)[C@@]3(F)[C@@H](O)C[C@@]21C. The normalized spacial score (nSPS) is 40.7. The molecule has 0 radical (unpaired) electrons. The monoisotopic (exact) mass is 592 g/mol. The molecule has 224 valence electrons. The Balaban J connectivity index is 1.71. The third-order valence-corrected chi connectivity index (χ3v) is 10.9. The van der Waals surface area contributed by atoms with Crippen LogP contribution < -0.4 is 0 Å². The van der Waals surface area contributed by atoms with Crippen molar-refractivity contribution >= 4 is 34.6 Å². The highest BCUT2D eigenvalue weighted by molar-refractivity contribution is 8.14. The first-order valence-electron chi connectivity index (χ1n) is 14.2. The Bertz CT molecular complexity index is 1250. The number of carbonyl (C=O) groups excluding carboxylic acids is 4. The van der Waals surface area contributed by atoms with Crippen molar-refractivity contribution in [1.29, 1.82) is 0 Å². The van der Waals surface area contributed by atoms with E-state index in [4.69, 9.17) is 9.47 Å². The van der Waals surface area contributed by atoms with Crippen molar-refractivity contribution < 1.29 is 42.5 Å². The van der Waals surface area contributed by atoms with Gasteiger partial charge in [-0.25, -0.2) is 8.78 Å². The number of ketones is 1. The second-order valence-corrected chi connectivity index (χ2v) is 13.0. The number of carbonyl (C=O) groups is 4. The van der Waals surface area contributed by atoms with E-state index in [-0.39, 0.29) is 50.0 Å². The molecule has 4 rings (SSSR count). The average molecular weight is 593 g/mol. The maximum Gasteiger partial charge on any atom is 0.306 e. The van der Waals surface area contributed by atoms with Crippen LogP contribution in [0, 0.1) is 40.4 Å². The highest BCUT2D eigenvalue weighted by Crippen LogP contribution is 2.72. The molecule has 0 saturated heterocycles. The molecule has 0 amide bonds. The molecule has 0 aromatic heterocycles. The molecule has 0 unspecified atom stereocenters. The second-order valence-electron chi connectivity index (χ2n) is 12.0. The van der Waals surface area contributed by atoms with Gasteiger partial charge in [0.25, 0.3) is 0 Å². The van der Waals surface area contributed by atoms with Crippen LogP contribution >= 0.6 is 11.8 Å². The van der Waals surface area contributed by atoms with Crippen LogP contribution in [0.3, 0.4) is 0 Å². The number of thioether (sulfide) groups is 1. The quantitative estimate of drug-likeness (QED) is 0.356. The number of rotatable bonds is 6. The van der Waals surface area contributed by atoms with Gasteiger partial charge in [0, 0.05) is 35.5 Å². The summed E-state index contributed by atoms with van der Waals surface area (Å²) in [7, 11) is 0. The molecule has 10 heteroatoms. The number of ether oxygens (including phenoxy) is 2. The van der Waals surface area contributed by atoms with Crippen molar-refractivity contribution in [2.24, 2.45) is 28.6 Å². The lowest BCUT2D eigenvalue weighted by Crippen LogP contribution is -2.70. The van der Waals surface area contributed by atoms with Crippen LogP contribution in [0.25, 0.3) is 0 Å². The van der Waals surface area contributed by atoms with E-state index in [2.05, 4.69) is 11.8 Å². The third kappa shape index (κ3) is 4.68. The van der Waals surface area contributed by atoms with Gasteiger partial charge in [-0.2, -0.15) is 0 Å². The number of hydrogen-bond donors (Lipinski definition) is 1. The van der Waals surface area contributed by atoms with Crippen molar-refractivity contribution in [2.75, 3.05) is 12.4 Å². The number of fused-ring (bicyclic) bond motifs is 5. The zero-order chi connectivity index (χ0) is 30.4. The van der Waals surface area contributed by atoms with Crippen molar-refractivity contribution in [3.8, 4) is 11.8 Å². The molecule has 3 saturated carbocycles. The van der Waals surface area contributed by atoms with Gasteiger partial charge in [0.05, 0.1) is 11.9 Å². The standard InChI is InChI=1S/C31H38F2O7S/c1-6-25(36)39-12-8-9-13-41-27(38)31(40-26(37)7-2)18(3)14-20-21-16-23(32)22-15-19(34)10-11-28(22,4)30(21,33)24(35)17-29(20,31)5/h10-11,15,18,20-21,23-24,35H,6-7,12-14,16-17H2,1-5H3/t18-,20+,21+,23+,24+,28+,29+,30+,31+/m1/s1. The largest absolute Gasteiger partial charge is 0.452 e. The summed E-state index contributed by atoms with van der Waals surface area (Å²) in [6, 6.07) is 0. The fraction of sp³-hybridized carbons (Fsp3) is 0.677. The van der Waals surface area contributed by atoms with Gasteiger partial charge in [-0.1, -0.05) is 57.4 Å². The molecule has 4 aliphatic rings. The molecule has 0 bridgehead atoms. The molecule has 4 aliphatic carbocycles. The lowest BCUT2D eigenvalue weighted by Gasteiger charge is -2.63. The molecule has 0 aromatic rings. The number of alkyl halides is 2. The number of esters is 2. The fourth-order valence-corrected chi connectivity index (χ4v) is 8.99. The van der Waals surface area contributed by atoms with Crippen molar-refractivity contribution in [3.05, 3.63) is 23.8 Å². The summed E-state index contributed by atoms with van der Waals surface area (Å²) in [6.07, 6.45) is 0.550. The summed E-state index contributed by atoms with van der Waals surface area (Å²) < 4.78 is 44.2. The van der Waals surface area contributed by atoms with Crippen LogP contribution in [0.5, 0.6) is 0 Å². The summed E-state index contributed by atoms with van der Waals surface area (Å²) in [6.45, 7) is 8.19. The maximum atomic E-state index is 17.5. The van der Waals surface area contributed by atoms with Crippen molar-refractivity contribution in [1.82, 2.24) is 0 Å². The van der Waals surface area contributed by atoms with E-state index < -0.39 is 75.0 Å². The van der Waals surface area contributed by atoms with Crippen LogP contribution in [-0.4, -0.2) is 63.8 Å². The van der Waals surface area contributed by atoms with Gasteiger partial charge in [-0.05, 0) is 49.8 Å². The molecule has 3 fully saturated rings. The van der Waals surface area contributed by atoms with Crippen molar-refractivity contribution in [2.45, 2.75) is 90.3 Å². The van der Waals surface area contributed by atoms with Crippen LogP contribution in [-0.2, 0) is 28.7 Å². The molecule has 41 heavy (non-hydrogen) atoms. The fourth-order valence-electron chi connectivity index (χ4n) is 8.00. The Morgan fingerprint density at radius 1 is 1.12 bits per heavy atom. The van der Waals surface area contributed by atoms with Crippen LogP contribution in [0.4, 0.5) is 8.78 Å². The molecule has 7 nitrogen and oxygen atoms in total. The smallest absolute Gasteiger partial charge is 0.306 e. The van der Waals surface area contributed by atoms with E-state index in [0.29, 0.717) is 0 Å². The first kappa shape index (κ1) is 31.4. The lowest BCUT2D eigenvalue weighted by molar-refractivity contribution is -0.228. The summed E-state index contributed by atoms with van der Waals surface area (Å²) >= 11 is 0.858. The molecule has 0 aliphatic heterocycles. The molecule has 0 aromatic carbocycles. The third-order valence-electron chi connectivity index (χ3n) is 10.0. The highest BCUT2D eigenvalue weighted by atomic mass is 32.2. The minimum absolute atomic E-state index is 0.00635. The van der Waals surface area contributed by atoms with E-state index in [1.807, 2.05) is 0 Å². The van der Waals surface area contributed by atoms with Gasteiger partial charge in [-0.15, -0.1) is 0 Å². The maximum absolute atomic E-state index is 17.5. The molecule has 0 heterocycles. The van der Waals surface area contributed by atoms with Crippen LogP contribution in [0.2, 0.25) is 0 Å². The number of halogens is 2. The van der Waals surface area contributed by atoms with E-state index in [1.165, 1.54) is 19.1 Å². The number of aliphatic hydroxyl groups excluding tert-OH is 1. The Hall–Kier alpha value is -2.51. The summed E-state index contributed by atoms with van der Waals surface area (Å²) in [5, 5.41) is 11.1. The highest BCUT2D eigenvalue weighted by Gasteiger charge is 2.78. The zero-order valence-electron chi connectivity index (χ0n) is 24.1. The molecule has 1 N–H and O–H groups in total. The van der Waals surface area contributed by atoms with E-state index in [9.17, 15) is 24.3 Å². The first-order valence-corrected chi connectivity index (χ1v) is 15.2. The minimum atomic E-state index is -2.30. The number of allylic oxidation sites excluding steroid dienone is 4. The predicted molar refractivity (Wildman–Crippen MR) is 149 cm³/mol. The van der Waals surface area contributed by atoms with Gasteiger partial charge in [0.2, 0.25) is 5.12 Å². The lowest BCUT2D eigenvalue weighted by atomic mass is 9.44. The predicted octanol–water partition coefficient (Wildman–Crippen LogP) is 4.46. The van der Waals surface area contributed by atoms with Gasteiger partial charge in [0.1, 0.15) is 6.17 Å². The van der Waals surface area contributed by atoms with Crippen LogP contribution in [0.1, 0.15) is 66.7 Å².